The molecule has 1 N–H and O–H groups in total. The minimum absolute atomic E-state index is 0.0183. The number of ether oxygens (including phenoxy) is 2. The average Bonchev–Trinajstić information content (AvgIpc) is 2.50. The van der Waals surface area contributed by atoms with Crippen molar-refractivity contribution in [1.82, 2.24) is 0 Å². The third kappa shape index (κ3) is 6.20. The fraction of sp³-hybridized carbons (Fsp3) is 0.500. The lowest BCUT2D eigenvalue weighted by Gasteiger charge is -2.26. The molecule has 0 aromatic heterocycles. The molecule has 0 heterocycles. The Balaban J connectivity index is 2.78. The van der Waals surface area contributed by atoms with Crippen LogP contribution < -0.4 is 0 Å². The van der Waals surface area contributed by atoms with Crippen molar-refractivity contribution in [3.63, 3.8) is 0 Å². The van der Waals surface area contributed by atoms with E-state index in [4.69, 9.17) is 13.7 Å². The molecule has 0 saturated heterocycles. The average molecular weight is 362 g/mol. The quantitative estimate of drug-likeness (QED) is 0.391. The number of aliphatic hydroxyl groups excluding tert-OH is 1. The van der Waals surface area contributed by atoms with Gasteiger partial charge in [-0.3, -0.25) is 4.18 Å². The minimum Gasteiger partial charge on any atom is -0.470 e. The zero-order valence-corrected chi connectivity index (χ0v) is 14.7. The van der Waals surface area contributed by atoms with Crippen molar-refractivity contribution in [2.45, 2.75) is 50.3 Å². The molecule has 4 atom stereocenters. The van der Waals surface area contributed by atoms with Crippen molar-refractivity contribution in [3.05, 3.63) is 42.7 Å². The first-order valence-corrected chi connectivity index (χ1v) is 8.78. The Bertz CT molecular complexity index is 612. The molecule has 0 aliphatic rings. The topological polar surface area (TPSA) is 82.1 Å². The van der Waals surface area contributed by atoms with E-state index < -0.39 is 41.4 Å². The van der Waals surface area contributed by atoms with Crippen LogP contribution in [0, 0.1) is 6.92 Å². The number of rotatable bonds is 10. The lowest BCUT2D eigenvalue weighted by Crippen LogP contribution is -2.39. The second-order valence-electron chi connectivity index (χ2n) is 5.32. The fourth-order valence-corrected chi connectivity index (χ4v) is 2.66. The van der Waals surface area contributed by atoms with Crippen LogP contribution in [0.4, 0.5) is 4.39 Å². The van der Waals surface area contributed by atoms with Gasteiger partial charge in [-0.15, -0.1) is 0 Å². The summed E-state index contributed by atoms with van der Waals surface area (Å²) in [5.74, 6) is 0. The maximum atomic E-state index is 13.4. The van der Waals surface area contributed by atoms with Gasteiger partial charge in [-0.1, -0.05) is 24.3 Å². The molecule has 0 spiro atoms. The van der Waals surface area contributed by atoms with Gasteiger partial charge in [0.05, 0.1) is 23.9 Å². The van der Waals surface area contributed by atoms with Crippen molar-refractivity contribution >= 4 is 10.1 Å². The van der Waals surface area contributed by atoms with E-state index >= 15 is 0 Å². The van der Waals surface area contributed by atoms with Crippen LogP contribution >= 0.6 is 0 Å². The van der Waals surface area contributed by atoms with E-state index in [0.29, 0.717) is 0 Å². The Morgan fingerprint density at radius 3 is 2.33 bits per heavy atom. The van der Waals surface area contributed by atoms with Crippen LogP contribution in [0.3, 0.4) is 0 Å². The first kappa shape index (κ1) is 20.6. The second-order valence-corrected chi connectivity index (χ2v) is 6.93. The summed E-state index contributed by atoms with van der Waals surface area (Å²) in [6.45, 7) is 7.23. The van der Waals surface area contributed by atoms with Gasteiger partial charge in [0.25, 0.3) is 10.1 Å². The summed E-state index contributed by atoms with van der Waals surface area (Å²) in [5.41, 5.74) is 0.903. The van der Waals surface area contributed by atoms with Crippen LogP contribution in [0.25, 0.3) is 0 Å². The van der Waals surface area contributed by atoms with E-state index in [1.54, 1.807) is 12.1 Å². The maximum Gasteiger partial charge on any atom is 0.297 e. The summed E-state index contributed by atoms with van der Waals surface area (Å²) in [4.78, 5) is -0.0183. The van der Waals surface area contributed by atoms with Crippen molar-refractivity contribution in [3.8, 4) is 0 Å². The van der Waals surface area contributed by atoms with E-state index in [0.717, 1.165) is 11.8 Å². The number of halogens is 1. The largest absolute Gasteiger partial charge is 0.470 e. The highest BCUT2D eigenvalue weighted by Gasteiger charge is 2.28. The van der Waals surface area contributed by atoms with Crippen LogP contribution in [-0.4, -0.2) is 44.8 Å². The molecule has 6 nitrogen and oxygen atoms in total. The van der Waals surface area contributed by atoms with Crippen LogP contribution in [-0.2, 0) is 23.8 Å². The molecular formula is C16H23FO6S. The molecule has 1 rings (SSSR count). The summed E-state index contributed by atoms with van der Waals surface area (Å²) in [7, 11) is -4.02. The fourth-order valence-electron chi connectivity index (χ4n) is 1.74. The molecule has 0 amide bonds. The lowest BCUT2D eigenvalue weighted by atomic mass is 10.2. The van der Waals surface area contributed by atoms with E-state index in [9.17, 15) is 17.9 Å². The molecule has 136 valence electrons. The predicted molar refractivity (Wildman–Crippen MR) is 86.5 cm³/mol. The number of aliphatic hydroxyl groups is 1. The number of aryl methyl sites for hydroxylation is 1. The third-order valence-electron chi connectivity index (χ3n) is 3.15. The molecule has 0 bridgehead atoms. The number of benzene rings is 1. The Morgan fingerprint density at radius 1 is 1.29 bits per heavy atom. The minimum atomic E-state index is -4.02. The van der Waals surface area contributed by atoms with Gasteiger partial charge in [-0.05, 0) is 32.9 Å². The smallest absolute Gasteiger partial charge is 0.297 e. The van der Waals surface area contributed by atoms with E-state index in [1.807, 2.05) is 6.92 Å². The molecule has 1 unspecified atom stereocenters. The summed E-state index contributed by atoms with van der Waals surface area (Å²) in [6, 6.07) is 6.10. The summed E-state index contributed by atoms with van der Waals surface area (Å²) < 4.78 is 52.7. The SMILES string of the molecule is C=COC(O[C@H](COS(=O)(=O)c1ccc(C)cc1)[C@H](C)O)[C@@H](C)F. The predicted octanol–water partition coefficient (Wildman–Crippen LogP) is 2.31. The number of alkyl halides is 1. The van der Waals surface area contributed by atoms with Crippen LogP contribution in [0.2, 0.25) is 0 Å². The summed E-state index contributed by atoms with van der Waals surface area (Å²) in [6.07, 6.45) is -4.05. The summed E-state index contributed by atoms with van der Waals surface area (Å²) >= 11 is 0. The monoisotopic (exact) mass is 362 g/mol. The highest BCUT2D eigenvalue weighted by Crippen LogP contribution is 2.17. The Kier molecular flexibility index (Phi) is 7.82. The highest BCUT2D eigenvalue weighted by atomic mass is 32.2. The molecule has 0 aliphatic carbocycles. The van der Waals surface area contributed by atoms with E-state index in [-0.39, 0.29) is 4.90 Å². The third-order valence-corrected chi connectivity index (χ3v) is 4.45. The zero-order valence-electron chi connectivity index (χ0n) is 13.9. The molecule has 8 heteroatoms. The molecule has 1 aromatic rings. The van der Waals surface area contributed by atoms with Gasteiger partial charge >= 0.3 is 0 Å². The molecule has 0 fully saturated rings. The number of hydrogen-bond donors (Lipinski definition) is 1. The standard InChI is InChI=1S/C16H23FO6S/c1-5-21-16(12(3)17)23-15(13(4)18)10-22-24(19,20)14-8-6-11(2)7-9-14/h5-9,12-13,15-16,18H,1,10H2,2-4H3/t12-,13+,15-,16?/m1/s1. The second kappa shape index (κ2) is 9.12. The number of hydrogen-bond acceptors (Lipinski definition) is 6. The van der Waals surface area contributed by atoms with Crippen molar-refractivity contribution < 1.29 is 31.6 Å². The Morgan fingerprint density at radius 2 is 1.88 bits per heavy atom. The Hall–Kier alpha value is -1.48. The first-order chi connectivity index (χ1) is 11.2. The molecule has 0 aliphatic heterocycles. The molecular weight excluding hydrogens is 339 g/mol. The zero-order chi connectivity index (χ0) is 18.3. The molecule has 0 radical (unpaired) electrons. The molecule has 24 heavy (non-hydrogen) atoms. The van der Waals surface area contributed by atoms with Crippen LogP contribution in [0.15, 0.2) is 42.0 Å². The maximum absolute atomic E-state index is 13.4. The lowest BCUT2D eigenvalue weighted by molar-refractivity contribution is -0.196. The van der Waals surface area contributed by atoms with Gasteiger partial charge in [0.2, 0.25) is 6.29 Å². The van der Waals surface area contributed by atoms with Gasteiger partial charge in [0.15, 0.2) is 6.17 Å². The first-order valence-electron chi connectivity index (χ1n) is 7.37. The van der Waals surface area contributed by atoms with E-state index in [1.165, 1.54) is 26.0 Å². The normalized spacial score (nSPS) is 16.9. The Labute approximate surface area is 142 Å². The van der Waals surface area contributed by atoms with Gasteiger partial charge in [-0.25, -0.2) is 4.39 Å². The molecule has 1 aromatic carbocycles. The summed E-state index contributed by atoms with van der Waals surface area (Å²) in [5, 5.41) is 9.71. The van der Waals surface area contributed by atoms with Crippen LogP contribution in [0.5, 0.6) is 0 Å². The van der Waals surface area contributed by atoms with Gasteiger partial charge in [-0.2, -0.15) is 8.42 Å². The van der Waals surface area contributed by atoms with Gasteiger partial charge in [0.1, 0.15) is 6.10 Å². The van der Waals surface area contributed by atoms with Crippen LogP contribution in [0.1, 0.15) is 19.4 Å². The highest BCUT2D eigenvalue weighted by molar-refractivity contribution is 7.86. The van der Waals surface area contributed by atoms with Crippen molar-refractivity contribution in [2.75, 3.05) is 6.61 Å². The van der Waals surface area contributed by atoms with E-state index in [2.05, 4.69) is 6.58 Å². The van der Waals surface area contributed by atoms with Crippen molar-refractivity contribution in [1.29, 1.82) is 0 Å². The van der Waals surface area contributed by atoms with Gasteiger partial charge in [0, 0.05) is 0 Å². The van der Waals surface area contributed by atoms with Gasteiger partial charge < -0.3 is 14.6 Å². The molecule has 0 saturated carbocycles. The van der Waals surface area contributed by atoms with Crippen molar-refractivity contribution in [2.24, 2.45) is 0 Å².